The van der Waals surface area contributed by atoms with Gasteiger partial charge in [0.15, 0.2) is 0 Å². The Morgan fingerprint density at radius 3 is 1.65 bits per heavy atom. The maximum atomic E-state index is 10.8. The predicted octanol–water partition coefficient (Wildman–Crippen LogP) is 1.84. The van der Waals surface area contributed by atoms with Crippen molar-refractivity contribution in [2.45, 2.75) is 0 Å². The summed E-state index contributed by atoms with van der Waals surface area (Å²) < 4.78 is 26.5. The van der Waals surface area contributed by atoms with Gasteiger partial charge in [-0.3, -0.25) is 3.97 Å². The van der Waals surface area contributed by atoms with Gasteiger partial charge in [-0.15, -0.1) is 0 Å². The minimum Gasteiger partial charge on any atom is -0.750 e. The van der Waals surface area contributed by atoms with Crippen LogP contribution in [0.25, 0.3) is 0 Å². The molecule has 0 radical (unpaired) electrons. The van der Waals surface area contributed by atoms with E-state index in [0.29, 0.717) is 0 Å². The lowest BCUT2D eigenvalue weighted by Gasteiger charge is -2.18. The summed E-state index contributed by atoms with van der Waals surface area (Å²) in [5.41, 5.74) is 0. The van der Waals surface area contributed by atoms with Crippen molar-refractivity contribution in [3.8, 4) is 0 Å². The van der Waals surface area contributed by atoms with E-state index in [1.165, 1.54) is 0 Å². The molecule has 0 aliphatic rings. The summed E-state index contributed by atoms with van der Waals surface area (Å²) >= 11 is -2.52. The van der Waals surface area contributed by atoms with E-state index in [-0.39, 0.29) is 0 Å². The van der Waals surface area contributed by atoms with Crippen LogP contribution >= 0.6 is 8.15 Å². The first-order chi connectivity index (χ1) is 8.27. The molecule has 2 aromatic rings. The van der Waals surface area contributed by atoms with Gasteiger partial charge in [-0.1, -0.05) is 60.7 Å². The van der Waals surface area contributed by atoms with E-state index in [1.807, 2.05) is 60.7 Å². The smallest absolute Gasteiger partial charge is 0.111 e. The molecular weight excluding hydrogens is 255 g/mol. The van der Waals surface area contributed by atoms with Gasteiger partial charge in [0, 0.05) is 10.6 Å². The van der Waals surface area contributed by atoms with Gasteiger partial charge >= 0.3 is 0 Å². The van der Waals surface area contributed by atoms with Crippen LogP contribution in [0.4, 0.5) is 0 Å². The monoisotopic (exact) mass is 265 g/mol. The molecule has 0 aliphatic heterocycles. The predicted molar refractivity (Wildman–Crippen MR) is 69.1 cm³/mol. The molecule has 0 spiro atoms. The van der Waals surface area contributed by atoms with Crippen LogP contribution in [0.3, 0.4) is 0 Å². The molecule has 2 aromatic carbocycles. The molecule has 1 unspecified atom stereocenters. The van der Waals surface area contributed by atoms with E-state index in [4.69, 9.17) is 3.97 Å². The van der Waals surface area contributed by atoms with Crippen LogP contribution in [0, 0.1) is 0 Å². The van der Waals surface area contributed by atoms with E-state index in [2.05, 4.69) is 0 Å². The molecule has 3 nitrogen and oxygen atoms in total. The Labute approximate surface area is 104 Å². The number of hydrogen-bond donors (Lipinski definition) is 0. The van der Waals surface area contributed by atoms with E-state index < -0.39 is 19.5 Å². The van der Waals surface area contributed by atoms with Gasteiger partial charge in [0.2, 0.25) is 0 Å². The fourth-order valence-electron chi connectivity index (χ4n) is 1.42. The number of rotatable bonds is 4. The minimum atomic E-state index is -2.52. The number of benzene rings is 2. The first-order valence-corrected chi connectivity index (χ1v) is 7.21. The van der Waals surface area contributed by atoms with Gasteiger partial charge in [0.25, 0.3) is 0 Å². The van der Waals surface area contributed by atoms with Gasteiger partial charge in [-0.25, -0.2) is 4.21 Å². The van der Waals surface area contributed by atoms with Crippen molar-refractivity contribution in [2.24, 2.45) is 0 Å². The Kier molecular flexibility index (Phi) is 4.40. The fraction of sp³-hybridized carbons (Fsp3) is 0. The summed E-state index contributed by atoms with van der Waals surface area (Å²) in [6, 6.07) is 18.7. The second kappa shape index (κ2) is 6.03. The highest BCUT2D eigenvalue weighted by Gasteiger charge is 2.15. The Balaban J connectivity index is 2.36. The van der Waals surface area contributed by atoms with Crippen molar-refractivity contribution >= 4 is 30.1 Å². The van der Waals surface area contributed by atoms with Gasteiger partial charge in [0.1, 0.15) is 8.15 Å². The van der Waals surface area contributed by atoms with E-state index in [1.54, 1.807) is 0 Å². The molecule has 0 amide bonds. The van der Waals surface area contributed by atoms with Gasteiger partial charge < -0.3 is 4.55 Å². The molecule has 17 heavy (non-hydrogen) atoms. The summed E-state index contributed by atoms with van der Waals surface area (Å²) in [4.78, 5) is 0. The van der Waals surface area contributed by atoms with Crippen molar-refractivity contribution in [3.63, 3.8) is 0 Å². The molecule has 0 fully saturated rings. The van der Waals surface area contributed by atoms with Crippen LogP contribution in [-0.4, -0.2) is 8.76 Å². The molecule has 5 heteroatoms. The SMILES string of the molecule is O=S([O-])OP(c1ccccc1)c1ccccc1. The molecule has 0 saturated heterocycles. The average Bonchev–Trinajstić information content (AvgIpc) is 2.38. The Morgan fingerprint density at radius 2 is 1.29 bits per heavy atom. The van der Waals surface area contributed by atoms with Crippen LogP contribution in [0.15, 0.2) is 60.7 Å². The Bertz CT molecular complexity index is 450. The largest absolute Gasteiger partial charge is 0.750 e. The van der Waals surface area contributed by atoms with Crippen molar-refractivity contribution in [3.05, 3.63) is 60.7 Å². The van der Waals surface area contributed by atoms with Crippen LogP contribution in [0.2, 0.25) is 0 Å². The van der Waals surface area contributed by atoms with Crippen LogP contribution in [-0.2, 0) is 15.3 Å². The van der Waals surface area contributed by atoms with Gasteiger partial charge in [0.05, 0.1) is 11.4 Å². The van der Waals surface area contributed by atoms with E-state index >= 15 is 0 Å². The summed E-state index contributed by atoms with van der Waals surface area (Å²) in [5.74, 6) is 0. The minimum absolute atomic E-state index is 0.873. The molecule has 0 N–H and O–H groups in total. The van der Waals surface area contributed by atoms with Crippen molar-refractivity contribution in [2.75, 3.05) is 0 Å². The van der Waals surface area contributed by atoms with E-state index in [9.17, 15) is 8.76 Å². The summed E-state index contributed by atoms with van der Waals surface area (Å²) in [5, 5.41) is 1.75. The molecule has 0 aliphatic carbocycles. The third-order valence-electron chi connectivity index (χ3n) is 2.12. The summed E-state index contributed by atoms with van der Waals surface area (Å²) in [6.45, 7) is 0. The topological polar surface area (TPSA) is 49.4 Å². The third kappa shape index (κ3) is 3.45. The zero-order valence-corrected chi connectivity index (χ0v) is 10.6. The molecule has 0 aromatic heterocycles. The zero-order valence-electron chi connectivity index (χ0n) is 8.85. The maximum Gasteiger partial charge on any atom is 0.111 e. The highest BCUT2D eigenvalue weighted by Crippen LogP contribution is 2.35. The van der Waals surface area contributed by atoms with Crippen molar-refractivity contribution in [1.29, 1.82) is 0 Å². The molecule has 0 bridgehead atoms. The van der Waals surface area contributed by atoms with E-state index in [0.717, 1.165) is 10.6 Å². The van der Waals surface area contributed by atoms with Gasteiger partial charge in [-0.05, 0) is 0 Å². The molecule has 88 valence electrons. The molecule has 2 rings (SSSR count). The quantitative estimate of drug-likeness (QED) is 0.626. The molecule has 0 heterocycles. The summed E-state index contributed by atoms with van der Waals surface area (Å²) in [6.07, 6.45) is 0. The second-order valence-corrected chi connectivity index (χ2v) is 5.87. The average molecular weight is 265 g/mol. The van der Waals surface area contributed by atoms with Crippen LogP contribution in [0.5, 0.6) is 0 Å². The fourth-order valence-corrected chi connectivity index (χ4v) is 3.78. The normalized spacial score (nSPS) is 12.6. The molecular formula is C12H10O3PS-. The first-order valence-electron chi connectivity index (χ1n) is 4.95. The highest BCUT2D eigenvalue weighted by molar-refractivity contribution is 7.84. The first kappa shape index (κ1) is 12.4. The van der Waals surface area contributed by atoms with Gasteiger partial charge in [-0.2, -0.15) is 0 Å². The lowest BCUT2D eigenvalue weighted by molar-refractivity contribution is 0.460. The Hall–Kier alpha value is -1.06. The zero-order chi connectivity index (χ0) is 12.1. The van der Waals surface area contributed by atoms with Crippen molar-refractivity contribution in [1.82, 2.24) is 0 Å². The third-order valence-corrected chi connectivity index (χ3v) is 4.73. The maximum absolute atomic E-state index is 10.8. The highest BCUT2D eigenvalue weighted by atomic mass is 32.2. The van der Waals surface area contributed by atoms with Crippen LogP contribution < -0.4 is 10.6 Å². The number of hydrogen-bond acceptors (Lipinski definition) is 3. The lowest BCUT2D eigenvalue weighted by atomic mass is 10.4. The molecule has 0 saturated carbocycles. The van der Waals surface area contributed by atoms with Crippen molar-refractivity contribution < 1.29 is 12.7 Å². The lowest BCUT2D eigenvalue weighted by Crippen LogP contribution is -2.14. The summed E-state index contributed by atoms with van der Waals surface area (Å²) in [7, 11) is -1.30. The second-order valence-electron chi connectivity index (χ2n) is 3.24. The standard InChI is InChI=1S/C12H11O3PS/c13-17(14)15-16(11-7-3-1-4-8-11)12-9-5-2-6-10-12/h1-10H,(H,13,14)/p-1. The van der Waals surface area contributed by atoms with Crippen LogP contribution in [0.1, 0.15) is 0 Å². The Morgan fingerprint density at radius 1 is 0.882 bits per heavy atom. The molecule has 1 atom stereocenters.